The van der Waals surface area contributed by atoms with Crippen LogP contribution in [0.5, 0.6) is 0 Å². The van der Waals surface area contributed by atoms with Crippen molar-refractivity contribution >= 4 is 43.6 Å². The maximum atomic E-state index is 5.18. The van der Waals surface area contributed by atoms with Gasteiger partial charge in [-0.25, -0.2) is 9.97 Å². The molecule has 270 valence electrons. The van der Waals surface area contributed by atoms with Gasteiger partial charge in [-0.2, -0.15) is 0 Å². The zero-order valence-electron chi connectivity index (χ0n) is 31.4. The third-order valence-corrected chi connectivity index (χ3v) is 11.1. The molecule has 0 saturated carbocycles. The molecule has 0 fully saturated rings. The van der Waals surface area contributed by atoms with Crippen molar-refractivity contribution in [3.05, 3.63) is 207 Å². The first kappa shape index (κ1) is 33.5. The van der Waals surface area contributed by atoms with Gasteiger partial charge in [0.15, 0.2) is 0 Å². The predicted octanol–water partition coefficient (Wildman–Crippen LogP) is 13.9. The van der Waals surface area contributed by atoms with Crippen molar-refractivity contribution in [2.24, 2.45) is 0 Å². The molecule has 4 nitrogen and oxygen atoms in total. The van der Waals surface area contributed by atoms with Gasteiger partial charge < -0.3 is 0 Å². The molecular formula is C54H34N4. The summed E-state index contributed by atoms with van der Waals surface area (Å²) in [6.45, 7) is 0. The summed E-state index contributed by atoms with van der Waals surface area (Å²) in [5, 5.41) is 4.37. The van der Waals surface area contributed by atoms with Gasteiger partial charge in [0.1, 0.15) is 0 Å². The van der Waals surface area contributed by atoms with E-state index in [0.29, 0.717) is 0 Å². The Balaban J connectivity index is 0.904. The molecule has 11 rings (SSSR count). The van der Waals surface area contributed by atoms with Gasteiger partial charge in [-0.05, 0) is 111 Å². The minimum Gasteiger partial charge on any atom is -0.254 e. The van der Waals surface area contributed by atoms with E-state index in [1.54, 1.807) is 0 Å². The molecule has 0 bridgehead atoms. The summed E-state index contributed by atoms with van der Waals surface area (Å²) in [6.07, 6.45) is 3.66. The molecule has 4 heteroatoms. The van der Waals surface area contributed by atoms with Gasteiger partial charge in [0, 0.05) is 45.1 Å². The van der Waals surface area contributed by atoms with E-state index in [0.717, 1.165) is 88.4 Å². The average Bonchev–Trinajstić information content (AvgIpc) is 3.31. The largest absolute Gasteiger partial charge is 0.254 e. The second-order valence-electron chi connectivity index (χ2n) is 14.7. The molecule has 0 N–H and O–H groups in total. The summed E-state index contributed by atoms with van der Waals surface area (Å²) < 4.78 is 0. The van der Waals surface area contributed by atoms with Gasteiger partial charge in [0.05, 0.1) is 33.5 Å². The van der Waals surface area contributed by atoms with Crippen molar-refractivity contribution in [2.75, 3.05) is 0 Å². The summed E-state index contributed by atoms with van der Waals surface area (Å²) in [4.78, 5) is 19.7. The fourth-order valence-electron chi connectivity index (χ4n) is 8.13. The average molecular weight is 739 g/mol. The van der Waals surface area contributed by atoms with Crippen LogP contribution in [0.2, 0.25) is 0 Å². The lowest BCUT2D eigenvalue weighted by atomic mass is 9.94. The van der Waals surface area contributed by atoms with E-state index < -0.39 is 0 Å². The summed E-state index contributed by atoms with van der Waals surface area (Å²) >= 11 is 0. The molecule has 0 aliphatic carbocycles. The summed E-state index contributed by atoms with van der Waals surface area (Å²) in [5.74, 6) is 0. The number of benzene rings is 7. The summed E-state index contributed by atoms with van der Waals surface area (Å²) in [5.41, 5.74) is 17.0. The smallest absolute Gasteiger partial charge is 0.0970 e. The Kier molecular flexibility index (Phi) is 8.11. The van der Waals surface area contributed by atoms with E-state index in [2.05, 4.69) is 187 Å². The van der Waals surface area contributed by atoms with Crippen LogP contribution in [0.4, 0.5) is 0 Å². The normalized spacial score (nSPS) is 11.4. The summed E-state index contributed by atoms with van der Waals surface area (Å²) in [6, 6.07) is 68.6. The van der Waals surface area contributed by atoms with Gasteiger partial charge >= 0.3 is 0 Å². The van der Waals surface area contributed by atoms with Gasteiger partial charge in [-0.3, -0.25) is 9.97 Å². The Morgan fingerprint density at radius 1 is 0.276 bits per heavy atom. The highest BCUT2D eigenvalue weighted by Gasteiger charge is 2.13. The number of nitrogens with zero attached hydrogens (tertiary/aromatic N) is 4. The number of aromatic nitrogens is 4. The molecule has 58 heavy (non-hydrogen) atoms. The first-order valence-electron chi connectivity index (χ1n) is 19.5. The Bertz CT molecular complexity index is 3260. The Morgan fingerprint density at radius 2 is 0.845 bits per heavy atom. The second-order valence-corrected chi connectivity index (χ2v) is 14.7. The number of pyridine rings is 4. The minimum atomic E-state index is 0.918. The van der Waals surface area contributed by atoms with Crippen molar-refractivity contribution < 1.29 is 0 Å². The molecule has 0 spiro atoms. The van der Waals surface area contributed by atoms with Crippen LogP contribution in [0.15, 0.2) is 207 Å². The second kappa shape index (κ2) is 14.0. The first-order valence-corrected chi connectivity index (χ1v) is 19.5. The van der Waals surface area contributed by atoms with Crippen LogP contribution in [0, 0.1) is 0 Å². The third-order valence-electron chi connectivity index (χ3n) is 11.1. The number of rotatable bonds is 6. The van der Waals surface area contributed by atoms with E-state index in [4.69, 9.17) is 15.0 Å². The molecule has 11 aromatic rings. The zero-order valence-corrected chi connectivity index (χ0v) is 31.4. The lowest BCUT2D eigenvalue weighted by molar-refractivity contribution is 1.37. The predicted molar refractivity (Wildman–Crippen MR) is 240 cm³/mol. The number of hydrogen-bond donors (Lipinski definition) is 0. The molecule has 4 heterocycles. The van der Waals surface area contributed by atoms with E-state index in [9.17, 15) is 0 Å². The third kappa shape index (κ3) is 6.14. The molecule has 0 aliphatic rings. The molecule has 7 aromatic carbocycles. The first-order chi connectivity index (χ1) is 28.7. The molecule has 4 aromatic heterocycles. The van der Waals surface area contributed by atoms with Crippen LogP contribution in [0.1, 0.15) is 0 Å². The molecule has 0 unspecified atom stereocenters. The molecular weight excluding hydrogens is 705 g/mol. The monoisotopic (exact) mass is 738 g/mol. The van der Waals surface area contributed by atoms with Crippen LogP contribution in [0.25, 0.3) is 111 Å². The van der Waals surface area contributed by atoms with E-state index >= 15 is 0 Å². The lowest BCUT2D eigenvalue weighted by Gasteiger charge is -2.12. The highest BCUT2D eigenvalue weighted by atomic mass is 14.7. The van der Waals surface area contributed by atoms with Gasteiger partial charge in [0.25, 0.3) is 0 Å². The van der Waals surface area contributed by atoms with Crippen molar-refractivity contribution in [2.45, 2.75) is 0 Å². The van der Waals surface area contributed by atoms with Gasteiger partial charge in [-0.15, -0.1) is 0 Å². The Labute approximate surface area is 335 Å². The van der Waals surface area contributed by atoms with Crippen LogP contribution >= 0.6 is 0 Å². The fourth-order valence-corrected chi connectivity index (χ4v) is 8.13. The quantitative estimate of drug-likeness (QED) is 0.159. The molecule has 0 aliphatic heterocycles. The van der Waals surface area contributed by atoms with Crippen LogP contribution in [-0.4, -0.2) is 19.9 Å². The molecule has 0 amide bonds. The molecule has 0 radical (unpaired) electrons. The molecule has 0 atom stereocenters. The standard InChI is InChI=1S/C54H34N4/c1-3-9-35(10-4-1)44-30-45(36-11-5-2-6-12-36)32-46(31-44)51-26-23-42-29-40(22-25-50(42)57-51)41-20-19-39-21-24-49(58-52(39)34-41)38-17-15-37(16-18-38)48-33-43-13-7-27-55-53(43)54-47(48)14-8-28-56-54/h1-34H. The zero-order chi connectivity index (χ0) is 38.4. The number of hydrogen-bond acceptors (Lipinski definition) is 4. The summed E-state index contributed by atoms with van der Waals surface area (Å²) in [7, 11) is 0. The van der Waals surface area contributed by atoms with Gasteiger partial charge in [0.2, 0.25) is 0 Å². The van der Waals surface area contributed by atoms with Crippen molar-refractivity contribution in [1.29, 1.82) is 0 Å². The minimum absolute atomic E-state index is 0.918. The topological polar surface area (TPSA) is 51.6 Å². The van der Waals surface area contributed by atoms with Crippen molar-refractivity contribution in [3.63, 3.8) is 0 Å². The molecule has 0 saturated heterocycles. The van der Waals surface area contributed by atoms with E-state index in [1.165, 1.54) is 22.3 Å². The highest BCUT2D eigenvalue weighted by molar-refractivity contribution is 6.10. The Hall–Kier alpha value is -7.82. The SMILES string of the molecule is c1ccc(-c2cc(-c3ccccc3)cc(-c3ccc4cc(-c5ccc6ccc(-c7ccc(-c8cc9cccnc9c9ncccc89)cc7)nc6c5)ccc4n3)c2)cc1. The Morgan fingerprint density at radius 3 is 1.60 bits per heavy atom. The van der Waals surface area contributed by atoms with Crippen LogP contribution < -0.4 is 0 Å². The highest BCUT2D eigenvalue weighted by Crippen LogP contribution is 2.36. The lowest BCUT2D eigenvalue weighted by Crippen LogP contribution is -1.90. The fraction of sp³-hybridized carbons (Fsp3) is 0. The van der Waals surface area contributed by atoms with Crippen molar-refractivity contribution in [1.82, 2.24) is 19.9 Å². The van der Waals surface area contributed by atoms with Crippen molar-refractivity contribution in [3.8, 4) is 67.0 Å². The van der Waals surface area contributed by atoms with E-state index in [1.807, 2.05) is 24.5 Å². The number of fused-ring (bicyclic) bond motifs is 5. The van der Waals surface area contributed by atoms with Gasteiger partial charge in [-0.1, -0.05) is 127 Å². The maximum absolute atomic E-state index is 5.18. The maximum Gasteiger partial charge on any atom is 0.0970 e. The van der Waals surface area contributed by atoms with Crippen LogP contribution in [0.3, 0.4) is 0 Å². The van der Waals surface area contributed by atoms with E-state index in [-0.39, 0.29) is 0 Å². The van der Waals surface area contributed by atoms with Crippen LogP contribution in [-0.2, 0) is 0 Å².